The molecule has 0 aliphatic rings. The van der Waals surface area contributed by atoms with E-state index in [1.54, 1.807) is 27.0 Å². The fourth-order valence-corrected chi connectivity index (χ4v) is 4.08. The first kappa shape index (κ1) is 25.4. The molecule has 0 aliphatic heterocycles. The maximum atomic E-state index is 13.5. The van der Waals surface area contributed by atoms with Gasteiger partial charge in [0.1, 0.15) is 24.0 Å². The summed E-state index contributed by atoms with van der Waals surface area (Å²) in [5, 5.41) is 0.436. The molecule has 0 saturated heterocycles. The fourth-order valence-electron chi connectivity index (χ4n) is 3.88. The van der Waals surface area contributed by atoms with E-state index in [9.17, 15) is 4.79 Å². The smallest absolute Gasteiger partial charge is 0.264 e. The standard InChI is InChI=1S/C28H29ClN4O3/c1-16(2)26-30-14-17(3)25(32-26)21-10-11-23(29)24(13-21)33-19(5)31-27(18(4)28(33)34)36-15-20-8-7-9-22(12-20)35-6/h7-14,16H,15H2,1-6H3. The Balaban J connectivity index is 1.73. The van der Waals surface area contributed by atoms with Gasteiger partial charge < -0.3 is 9.47 Å². The molecule has 2 aromatic heterocycles. The van der Waals surface area contributed by atoms with E-state index in [-0.39, 0.29) is 24.0 Å². The summed E-state index contributed by atoms with van der Waals surface area (Å²) in [5.41, 5.74) is 4.19. The molecule has 0 bridgehead atoms. The average Bonchev–Trinajstić information content (AvgIpc) is 2.87. The summed E-state index contributed by atoms with van der Waals surface area (Å²) in [6.07, 6.45) is 1.82. The van der Waals surface area contributed by atoms with Crippen molar-refractivity contribution in [1.29, 1.82) is 0 Å². The lowest BCUT2D eigenvalue weighted by atomic mass is 10.1. The van der Waals surface area contributed by atoms with Crippen LogP contribution in [0.5, 0.6) is 11.6 Å². The van der Waals surface area contributed by atoms with Crippen molar-refractivity contribution in [2.24, 2.45) is 0 Å². The Bertz CT molecular complexity index is 1480. The van der Waals surface area contributed by atoms with Crippen LogP contribution in [0.4, 0.5) is 0 Å². The number of aryl methyl sites for hydroxylation is 2. The highest BCUT2D eigenvalue weighted by Gasteiger charge is 2.18. The van der Waals surface area contributed by atoms with Crippen molar-refractivity contribution in [3.05, 3.63) is 92.4 Å². The van der Waals surface area contributed by atoms with Crippen LogP contribution in [0.1, 0.15) is 48.1 Å². The van der Waals surface area contributed by atoms with E-state index < -0.39 is 0 Å². The summed E-state index contributed by atoms with van der Waals surface area (Å²) in [5.74, 6) is 2.44. The zero-order valence-corrected chi connectivity index (χ0v) is 22.1. The van der Waals surface area contributed by atoms with Crippen molar-refractivity contribution < 1.29 is 9.47 Å². The molecule has 0 radical (unpaired) electrons. The lowest BCUT2D eigenvalue weighted by Crippen LogP contribution is -2.25. The molecule has 186 valence electrons. The molecular formula is C28H29ClN4O3. The largest absolute Gasteiger partial charge is 0.497 e. The van der Waals surface area contributed by atoms with Gasteiger partial charge in [-0.2, -0.15) is 4.98 Å². The monoisotopic (exact) mass is 504 g/mol. The van der Waals surface area contributed by atoms with E-state index in [1.807, 2.05) is 49.5 Å². The predicted octanol–water partition coefficient (Wildman–Crippen LogP) is 5.98. The van der Waals surface area contributed by atoms with E-state index >= 15 is 0 Å². The lowest BCUT2D eigenvalue weighted by Gasteiger charge is -2.17. The molecule has 4 aromatic rings. The van der Waals surface area contributed by atoms with Crippen LogP contribution < -0.4 is 15.0 Å². The maximum absolute atomic E-state index is 13.5. The molecule has 8 heteroatoms. The molecule has 0 unspecified atom stereocenters. The van der Waals surface area contributed by atoms with Crippen molar-refractivity contribution in [2.75, 3.05) is 7.11 Å². The number of aromatic nitrogens is 4. The van der Waals surface area contributed by atoms with Crippen LogP contribution in [-0.2, 0) is 6.61 Å². The quantitative estimate of drug-likeness (QED) is 0.308. The number of rotatable bonds is 7. The minimum Gasteiger partial charge on any atom is -0.497 e. The zero-order chi connectivity index (χ0) is 26.0. The summed E-state index contributed by atoms with van der Waals surface area (Å²) in [6, 6.07) is 13.1. The van der Waals surface area contributed by atoms with Crippen LogP contribution in [0.15, 0.2) is 53.5 Å². The van der Waals surface area contributed by atoms with E-state index in [2.05, 4.69) is 23.8 Å². The second-order valence-electron chi connectivity index (χ2n) is 8.95. The Morgan fingerprint density at radius 2 is 1.83 bits per heavy atom. The highest BCUT2D eigenvalue weighted by molar-refractivity contribution is 6.32. The molecule has 0 amide bonds. The Labute approximate surface area is 215 Å². The maximum Gasteiger partial charge on any atom is 0.264 e. The molecule has 0 fully saturated rings. The van der Waals surface area contributed by atoms with Gasteiger partial charge in [-0.05, 0) is 56.2 Å². The van der Waals surface area contributed by atoms with E-state index in [0.29, 0.717) is 22.1 Å². The molecule has 0 saturated carbocycles. The van der Waals surface area contributed by atoms with E-state index in [4.69, 9.17) is 26.1 Å². The number of halogens is 1. The first-order chi connectivity index (χ1) is 17.2. The van der Waals surface area contributed by atoms with Crippen LogP contribution in [0.2, 0.25) is 5.02 Å². The molecule has 0 aliphatic carbocycles. The minimum absolute atomic E-state index is 0.192. The third-order valence-corrected chi connectivity index (χ3v) is 6.23. The predicted molar refractivity (Wildman–Crippen MR) is 141 cm³/mol. The number of ether oxygens (including phenoxy) is 2. The van der Waals surface area contributed by atoms with Gasteiger partial charge in [-0.3, -0.25) is 9.36 Å². The number of hydrogen-bond acceptors (Lipinski definition) is 6. The third kappa shape index (κ3) is 5.11. The van der Waals surface area contributed by atoms with Gasteiger partial charge in [0.05, 0.1) is 29.1 Å². The van der Waals surface area contributed by atoms with Crippen LogP contribution in [0, 0.1) is 20.8 Å². The Hall–Kier alpha value is -3.71. The molecular weight excluding hydrogens is 476 g/mol. The van der Waals surface area contributed by atoms with Crippen LogP contribution >= 0.6 is 11.6 Å². The number of benzene rings is 2. The Kier molecular flexibility index (Phi) is 7.40. The van der Waals surface area contributed by atoms with Crippen molar-refractivity contribution in [3.63, 3.8) is 0 Å². The van der Waals surface area contributed by atoms with Gasteiger partial charge in [0.2, 0.25) is 5.88 Å². The van der Waals surface area contributed by atoms with Crippen molar-refractivity contribution in [2.45, 2.75) is 47.1 Å². The van der Waals surface area contributed by atoms with Gasteiger partial charge in [0, 0.05) is 17.7 Å². The topological polar surface area (TPSA) is 79.1 Å². The second-order valence-corrected chi connectivity index (χ2v) is 9.36. The van der Waals surface area contributed by atoms with E-state index in [0.717, 1.165) is 34.0 Å². The van der Waals surface area contributed by atoms with Crippen molar-refractivity contribution in [1.82, 2.24) is 19.5 Å². The van der Waals surface area contributed by atoms with Gasteiger partial charge in [-0.25, -0.2) is 9.97 Å². The van der Waals surface area contributed by atoms with Gasteiger partial charge in [-0.15, -0.1) is 0 Å². The van der Waals surface area contributed by atoms with Crippen molar-refractivity contribution >= 4 is 11.6 Å². The Morgan fingerprint density at radius 1 is 1.06 bits per heavy atom. The van der Waals surface area contributed by atoms with Gasteiger partial charge in [-0.1, -0.05) is 43.6 Å². The summed E-state index contributed by atoms with van der Waals surface area (Å²) in [7, 11) is 1.62. The van der Waals surface area contributed by atoms with Crippen LogP contribution in [0.3, 0.4) is 0 Å². The first-order valence-electron chi connectivity index (χ1n) is 11.7. The summed E-state index contributed by atoms with van der Waals surface area (Å²) < 4.78 is 12.7. The molecule has 0 spiro atoms. The number of methoxy groups -OCH3 is 1. The summed E-state index contributed by atoms with van der Waals surface area (Å²) >= 11 is 6.58. The molecule has 4 rings (SSSR count). The fraction of sp³-hybridized carbons (Fsp3) is 0.286. The van der Waals surface area contributed by atoms with Crippen molar-refractivity contribution in [3.8, 4) is 28.6 Å². The number of hydrogen-bond donors (Lipinski definition) is 0. The third-order valence-electron chi connectivity index (χ3n) is 5.91. The Morgan fingerprint density at radius 3 is 2.56 bits per heavy atom. The molecule has 36 heavy (non-hydrogen) atoms. The molecule has 2 aromatic carbocycles. The van der Waals surface area contributed by atoms with Gasteiger partial charge in [0.25, 0.3) is 5.56 Å². The van der Waals surface area contributed by atoms with E-state index in [1.165, 1.54) is 4.57 Å². The molecule has 0 atom stereocenters. The SMILES string of the molecule is COc1cccc(COc2nc(C)n(-c3cc(-c4nc(C(C)C)ncc4C)ccc3Cl)c(=O)c2C)c1. The highest BCUT2D eigenvalue weighted by Crippen LogP contribution is 2.30. The lowest BCUT2D eigenvalue weighted by molar-refractivity contribution is 0.288. The van der Waals surface area contributed by atoms with Gasteiger partial charge in [0.15, 0.2) is 0 Å². The number of nitrogens with zero attached hydrogens (tertiary/aromatic N) is 4. The minimum atomic E-state index is -0.246. The zero-order valence-electron chi connectivity index (χ0n) is 21.3. The second kappa shape index (κ2) is 10.5. The van der Waals surface area contributed by atoms with Crippen LogP contribution in [-0.4, -0.2) is 26.6 Å². The summed E-state index contributed by atoms with van der Waals surface area (Å²) in [6.45, 7) is 9.79. The molecule has 0 N–H and O–H groups in total. The van der Waals surface area contributed by atoms with Gasteiger partial charge >= 0.3 is 0 Å². The normalized spacial score (nSPS) is 11.1. The first-order valence-corrected chi connectivity index (χ1v) is 12.1. The average molecular weight is 505 g/mol. The molecule has 2 heterocycles. The summed E-state index contributed by atoms with van der Waals surface area (Å²) in [4.78, 5) is 27.3. The molecule has 7 nitrogen and oxygen atoms in total. The highest BCUT2D eigenvalue weighted by atomic mass is 35.5. The van der Waals surface area contributed by atoms with Crippen LogP contribution in [0.25, 0.3) is 16.9 Å².